The number of nitrogens with zero attached hydrogens (tertiary/aromatic N) is 3. The molecule has 140 valence electrons. The molecule has 1 amide bonds. The van der Waals surface area contributed by atoms with Crippen molar-refractivity contribution >= 4 is 17.2 Å². The third-order valence-electron chi connectivity index (χ3n) is 3.93. The van der Waals surface area contributed by atoms with Crippen molar-refractivity contribution in [3.63, 3.8) is 0 Å². The monoisotopic (exact) mass is 384 g/mol. The van der Waals surface area contributed by atoms with Crippen LogP contribution in [-0.2, 0) is 13.0 Å². The molecule has 0 aliphatic carbocycles. The van der Waals surface area contributed by atoms with Gasteiger partial charge in [0.1, 0.15) is 16.4 Å². The molecular weight excluding hydrogens is 364 g/mol. The molecule has 1 N–H and O–H groups in total. The van der Waals surface area contributed by atoms with Crippen molar-refractivity contribution in [2.75, 3.05) is 14.2 Å². The minimum Gasteiger partial charge on any atom is -0.497 e. The molecule has 7 nitrogen and oxygen atoms in total. The number of methoxy groups -OCH3 is 2. The summed E-state index contributed by atoms with van der Waals surface area (Å²) >= 11 is 1.30. The Labute approximate surface area is 161 Å². The average molecular weight is 384 g/mol. The van der Waals surface area contributed by atoms with E-state index in [1.807, 2.05) is 19.1 Å². The molecule has 0 unspecified atom stereocenters. The van der Waals surface area contributed by atoms with Gasteiger partial charge in [-0.05, 0) is 24.6 Å². The number of hydrogen-bond acceptors (Lipinski definition) is 7. The Morgan fingerprint density at radius 1 is 1.19 bits per heavy atom. The van der Waals surface area contributed by atoms with Crippen LogP contribution in [0, 0.1) is 0 Å². The molecule has 0 saturated carbocycles. The van der Waals surface area contributed by atoms with Crippen molar-refractivity contribution in [1.29, 1.82) is 0 Å². The molecule has 1 aromatic carbocycles. The molecule has 27 heavy (non-hydrogen) atoms. The first-order chi connectivity index (χ1) is 13.2. The first kappa shape index (κ1) is 18.8. The molecule has 3 aromatic rings. The molecule has 8 heteroatoms. The molecule has 0 atom stereocenters. The van der Waals surface area contributed by atoms with Crippen molar-refractivity contribution in [2.45, 2.75) is 19.9 Å². The van der Waals surface area contributed by atoms with Gasteiger partial charge in [0.05, 0.1) is 19.9 Å². The van der Waals surface area contributed by atoms with Crippen molar-refractivity contribution < 1.29 is 14.3 Å². The van der Waals surface area contributed by atoms with Gasteiger partial charge in [-0.1, -0.05) is 6.92 Å². The number of amides is 1. The Bertz CT molecular complexity index is 928. The number of benzene rings is 1. The van der Waals surface area contributed by atoms with E-state index >= 15 is 0 Å². The Kier molecular flexibility index (Phi) is 5.97. The fourth-order valence-corrected chi connectivity index (χ4v) is 3.55. The summed E-state index contributed by atoms with van der Waals surface area (Å²) in [6, 6.07) is 7.23. The minimum absolute atomic E-state index is 0.176. The van der Waals surface area contributed by atoms with E-state index in [1.165, 1.54) is 11.3 Å². The van der Waals surface area contributed by atoms with E-state index in [0.29, 0.717) is 40.2 Å². The minimum atomic E-state index is -0.176. The van der Waals surface area contributed by atoms with Gasteiger partial charge >= 0.3 is 0 Å². The summed E-state index contributed by atoms with van der Waals surface area (Å²) in [7, 11) is 3.19. The van der Waals surface area contributed by atoms with E-state index in [2.05, 4.69) is 20.3 Å². The highest BCUT2D eigenvalue weighted by molar-refractivity contribution is 7.17. The quantitative estimate of drug-likeness (QED) is 0.674. The maximum Gasteiger partial charge on any atom is 0.263 e. The molecule has 0 saturated heterocycles. The number of nitrogens with one attached hydrogen (secondary N) is 1. The van der Waals surface area contributed by atoms with Gasteiger partial charge in [-0.3, -0.25) is 4.79 Å². The molecule has 0 bridgehead atoms. The maximum absolute atomic E-state index is 12.7. The van der Waals surface area contributed by atoms with Crippen LogP contribution < -0.4 is 14.8 Å². The number of thiazole rings is 1. The zero-order valence-electron chi connectivity index (χ0n) is 15.4. The van der Waals surface area contributed by atoms with E-state index in [-0.39, 0.29) is 5.91 Å². The fourth-order valence-electron chi connectivity index (χ4n) is 2.53. The lowest BCUT2D eigenvalue weighted by Gasteiger charge is -2.11. The first-order valence-electron chi connectivity index (χ1n) is 8.42. The Hall–Kier alpha value is -3.00. The van der Waals surface area contributed by atoms with E-state index in [4.69, 9.17) is 9.47 Å². The Balaban J connectivity index is 1.78. The normalized spacial score (nSPS) is 10.5. The van der Waals surface area contributed by atoms with Crippen LogP contribution in [0.1, 0.15) is 27.9 Å². The van der Waals surface area contributed by atoms with Gasteiger partial charge < -0.3 is 14.8 Å². The number of hydrogen-bond donors (Lipinski definition) is 1. The molecule has 0 radical (unpaired) electrons. The van der Waals surface area contributed by atoms with Crippen LogP contribution in [0.2, 0.25) is 0 Å². The summed E-state index contributed by atoms with van der Waals surface area (Å²) in [4.78, 5) is 26.2. The zero-order chi connectivity index (χ0) is 19.2. The van der Waals surface area contributed by atoms with Crippen LogP contribution >= 0.6 is 11.3 Å². The van der Waals surface area contributed by atoms with Crippen molar-refractivity contribution in [1.82, 2.24) is 20.3 Å². The molecule has 2 heterocycles. The molecule has 3 rings (SSSR count). The van der Waals surface area contributed by atoms with E-state index in [0.717, 1.165) is 11.3 Å². The van der Waals surface area contributed by atoms with Gasteiger partial charge in [-0.2, -0.15) is 0 Å². The van der Waals surface area contributed by atoms with Crippen LogP contribution in [0.3, 0.4) is 0 Å². The molecular formula is C19H20N4O3S. The second-order valence-electron chi connectivity index (χ2n) is 5.58. The van der Waals surface area contributed by atoms with Gasteiger partial charge in [0, 0.05) is 30.6 Å². The third kappa shape index (κ3) is 4.22. The summed E-state index contributed by atoms with van der Waals surface area (Å²) in [5, 5.41) is 3.58. The smallest absolute Gasteiger partial charge is 0.263 e. The predicted octanol–water partition coefficient (Wildman–Crippen LogP) is 3.11. The SMILES string of the molecule is CCc1nc(-c2ncccn2)sc1C(=O)NCc1ccc(OC)cc1OC. The second kappa shape index (κ2) is 8.59. The summed E-state index contributed by atoms with van der Waals surface area (Å²) in [6.07, 6.45) is 3.97. The average Bonchev–Trinajstić information content (AvgIpc) is 3.17. The Morgan fingerprint density at radius 2 is 1.96 bits per heavy atom. The molecule has 0 fully saturated rings. The number of carbonyl (C=O) groups excluding carboxylic acids is 1. The highest BCUT2D eigenvalue weighted by atomic mass is 32.1. The second-order valence-corrected chi connectivity index (χ2v) is 6.58. The van der Waals surface area contributed by atoms with E-state index in [9.17, 15) is 4.79 Å². The van der Waals surface area contributed by atoms with Crippen LogP contribution in [0.4, 0.5) is 0 Å². The number of aryl methyl sites for hydroxylation is 1. The topological polar surface area (TPSA) is 86.2 Å². The fraction of sp³-hybridized carbons (Fsp3) is 0.263. The van der Waals surface area contributed by atoms with Crippen molar-refractivity contribution in [3.8, 4) is 22.3 Å². The zero-order valence-corrected chi connectivity index (χ0v) is 16.2. The van der Waals surface area contributed by atoms with E-state index in [1.54, 1.807) is 38.7 Å². The number of aromatic nitrogens is 3. The lowest BCUT2D eigenvalue weighted by molar-refractivity contribution is 0.0953. The predicted molar refractivity (Wildman–Crippen MR) is 103 cm³/mol. The summed E-state index contributed by atoms with van der Waals surface area (Å²) in [6.45, 7) is 2.30. The summed E-state index contributed by atoms with van der Waals surface area (Å²) < 4.78 is 10.6. The lowest BCUT2D eigenvalue weighted by Crippen LogP contribution is -2.23. The van der Waals surface area contributed by atoms with Crippen LogP contribution in [-0.4, -0.2) is 35.1 Å². The van der Waals surface area contributed by atoms with Gasteiger partial charge in [0.25, 0.3) is 5.91 Å². The number of ether oxygens (including phenoxy) is 2. The van der Waals surface area contributed by atoms with Crippen LogP contribution in [0.25, 0.3) is 10.8 Å². The largest absolute Gasteiger partial charge is 0.497 e. The van der Waals surface area contributed by atoms with Crippen molar-refractivity contribution in [2.24, 2.45) is 0 Å². The highest BCUT2D eigenvalue weighted by Crippen LogP contribution is 2.27. The van der Waals surface area contributed by atoms with Crippen LogP contribution in [0.5, 0.6) is 11.5 Å². The maximum atomic E-state index is 12.7. The highest BCUT2D eigenvalue weighted by Gasteiger charge is 2.19. The summed E-state index contributed by atoms with van der Waals surface area (Å²) in [5.74, 6) is 1.70. The van der Waals surface area contributed by atoms with Gasteiger partial charge in [0.15, 0.2) is 10.8 Å². The van der Waals surface area contributed by atoms with Crippen LogP contribution in [0.15, 0.2) is 36.7 Å². The number of carbonyl (C=O) groups is 1. The molecule has 0 aliphatic heterocycles. The van der Waals surface area contributed by atoms with Crippen molar-refractivity contribution in [3.05, 3.63) is 52.8 Å². The van der Waals surface area contributed by atoms with E-state index < -0.39 is 0 Å². The van der Waals surface area contributed by atoms with Gasteiger partial charge in [0.2, 0.25) is 0 Å². The number of rotatable bonds is 7. The summed E-state index contributed by atoms with van der Waals surface area (Å²) in [5.41, 5.74) is 1.60. The first-order valence-corrected chi connectivity index (χ1v) is 9.24. The third-order valence-corrected chi connectivity index (χ3v) is 5.02. The molecule has 0 aliphatic rings. The lowest BCUT2D eigenvalue weighted by atomic mass is 10.2. The Morgan fingerprint density at radius 3 is 2.63 bits per heavy atom. The van der Waals surface area contributed by atoms with Gasteiger partial charge in [-0.15, -0.1) is 11.3 Å². The van der Waals surface area contributed by atoms with Gasteiger partial charge in [-0.25, -0.2) is 15.0 Å². The molecule has 0 spiro atoms. The molecule has 2 aromatic heterocycles. The standard InChI is InChI=1S/C19H20N4O3S/c1-4-14-16(27-19(23-14)17-20-8-5-9-21-17)18(24)22-11-12-6-7-13(25-2)10-15(12)26-3/h5-10H,4,11H2,1-3H3,(H,22,24).